The molecule has 1 aromatic carbocycles. The molecule has 37 heavy (non-hydrogen) atoms. The van der Waals surface area contributed by atoms with Gasteiger partial charge >= 0.3 is 6.09 Å². The second-order valence-corrected chi connectivity index (χ2v) is 8.61. The standard InChI is InChI=1S/C21H27F4N7O5/c22-15-6-13(31-10-14(37-20(31)34)9-28-21(11-35-21)19(24)25)7-16(23)18(15)30-1-2-32(36-4-3-30)17(33)5-12(26)8-29-27/h6-8,14,19,28-29H,1-5,9-11,26-27H2. The first-order chi connectivity index (χ1) is 17.6. The number of epoxide rings is 1. The van der Waals surface area contributed by atoms with E-state index in [1.807, 2.05) is 0 Å². The Balaban J connectivity index is 1.39. The number of carbonyl (C=O) groups is 2. The Labute approximate surface area is 209 Å². The average molecular weight is 533 g/mol. The highest BCUT2D eigenvalue weighted by molar-refractivity contribution is 5.90. The van der Waals surface area contributed by atoms with Crippen molar-refractivity contribution < 1.29 is 41.5 Å². The predicted molar refractivity (Wildman–Crippen MR) is 121 cm³/mol. The minimum atomic E-state index is -2.76. The fourth-order valence-electron chi connectivity index (χ4n) is 4.01. The van der Waals surface area contributed by atoms with Crippen LogP contribution in [0.4, 0.5) is 33.7 Å². The molecule has 3 fully saturated rings. The van der Waals surface area contributed by atoms with Crippen LogP contribution in [-0.2, 0) is 19.1 Å². The number of anilines is 2. The maximum absolute atomic E-state index is 15.1. The summed E-state index contributed by atoms with van der Waals surface area (Å²) < 4.78 is 66.0. The van der Waals surface area contributed by atoms with E-state index in [2.05, 4.69) is 10.7 Å². The fraction of sp³-hybridized carbons (Fsp3) is 0.524. The van der Waals surface area contributed by atoms with E-state index in [-0.39, 0.29) is 69.4 Å². The maximum Gasteiger partial charge on any atom is 0.414 e. The van der Waals surface area contributed by atoms with Gasteiger partial charge in [0.25, 0.3) is 12.3 Å². The number of nitrogens with zero attached hydrogens (tertiary/aromatic N) is 3. The second-order valence-electron chi connectivity index (χ2n) is 8.61. The van der Waals surface area contributed by atoms with E-state index in [1.54, 1.807) is 0 Å². The number of rotatable bonds is 9. The van der Waals surface area contributed by atoms with Crippen molar-refractivity contribution in [1.82, 2.24) is 15.8 Å². The molecule has 2 unspecified atom stereocenters. The number of nitrogens with one attached hydrogen (secondary N) is 2. The zero-order chi connectivity index (χ0) is 26.7. The number of halogens is 4. The Hall–Kier alpha value is -3.34. The Morgan fingerprint density at radius 3 is 2.57 bits per heavy atom. The number of hydrazine groups is 1. The first-order valence-electron chi connectivity index (χ1n) is 11.4. The molecule has 2 atom stereocenters. The van der Waals surface area contributed by atoms with Gasteiger partial charge in [-0.25, -0.2) is 27.4 Å². The van der Waals surface area contributed by atoms with Crippen LogP contribution in [0.2, 0.25) is 0 Å². The molecule has 3 saturated heterocycles. The van der Waals surface area contributed by atoms with Gasteiger partial charge in [-0.2, -0.15) is 0 Å². The summed E-state index contributed by atoms with van der Waals surface area (Å²) in [6.45, 7) is -0.262. The number of nitrogens with two attached hydrogens (primary N) is 2. The highest BCUT2D eigenvalue weighted by Gasteiger charge is 2.54. The van der Waals surface area contributed by atoms with Crippen molar-refractivity contribution in [3.63, 3.8) is 0 Å². The third kappa shape index (κ3) is 5.98. The molecule has 0 aromatic heterocycles. The minimum Gasteiger partial charge on any atom is -0.443 e. The third-order valence-electron chi connectivity index (χ3n) is 6.02. The van der Waals surface area contributed by atoms with Gasteiger partial charge < -0.3 is 25.5 Å². The van der Waals surface area contributed by atoms with E-state index in [1.165, 1.54) is 11.1 Å². The number of carbonyl (C=O) groups excluding carboxylic acids is 2. The zero-order valence-corrected chi connectivity index (χ0v) is 19.6. The van der Waals surface area contributed by atoms with Crippen LogP contribution in [0, 0.1) is 11.6 Å². The van der Waals surface area contributed by atoms with E-state index in [9.17, 15) is 18.4 Å². The van der Waals surface area contributed by atoms with Crippen molar-refractivity contribution in [1.29, 1.82) is 0 Å². The first-order valence-corrected chi connectivity index (χ1v) is 11.4. The third-order valence-corrected chi connectivity index (χ3v) is 6.02. The first kappa shape index (κ1) is 26.7. The maximum atomic E-state index is 15.1. The molecule has 204 valence electrons. The smallest absolute Gasteiger partial charge is 0.414 e. The van der Waals surface area contributed by atoms with E-state index >= 15 is 8.78 Å². The summed E-state index contributed by atoms with van der Waals surface area (Å²) in [7, 11) is 0. The summed E-state index contributed by atoms with van der Waals surface area (Å²) in [6.07, 6.45) is -3.36. The van der Waals surface area contributed by atoms with Gasteiger partial charge in [0.2, 0.25) is 5.72 Å². The number of hydroxylamine groups is 2. The van der Waals surface area contributed by atoms with Crippen LogP contribution in [0.25, 0.3) is 0 Å². The highest BCUT2D eigenvalue weighted by atomic mass is 19.3. The molecule has 0 radical (unpaired) electrons. The summed E-state index contributed by atoms with van der Waals surface area (Å²) >= 11 is 0. The van der Waals surface area contributed by atoms with Crippen LogP contribution in [0.3, 0.4) is 0 Å². The predicted octanol–water partition coefficient (Wildman–Crippen LogP) is 0.105. The number of hydrogen-bond donors (Lipinski definition) is 4. The van der Waals surface area contributed by atoms with Gasteiger partial charge in [-0.15, -0.1) is 0 Å². The Morgan fingerprint density at radius 1 is 1.24 bits per heavy atom. The molecule has 0 saturated carbocycles. The van der Waals surface area contributed by atoms with E-state index in [0.29, 0.717) is 0 Å². The van der Waals surface area contributed by atoms with Crippen molar-refractivity contribution in [2.75, 3.05) is 55.7 Å². The lowest BCUT2D eigenvalue weighted by atomic mass is 10.2. The molecule has 1 aromatic rings. The van der Waals surface area contributed by atoms with E-state index in [4.69, 9.17) is 25.9 Å². The van der Waals surface area contributed by atoms with Gasteiger partial charge in [0, 0.05) is 43.7 Å². The number of alkyl halides is 2. The minimum absolute atomic E-state index is 0.0136. The fourth-order valence-corrected chi connectivity index (χ4v) is 4.01. The van der Waals surface area contributed by atoms with Crippen LogP contribution in [0.5, 0.6) is 0 Å². The van der Waals surface area contributed by atoms with Crippen LogP contribution in [-0.4, -0.2) is 81.3 Å². The number of benzene rings is 1. The molecule has 12 nitrogen and oxygen atoms in total. The lowest BCUT2D eigenvalue weighted by Gasteiger charge is -2.24. The zero-order valence-electron chi connectivity index (χ0n) is 19.6. The molecule has 4 rings (SSSR count). The lowest BCUT2D eigenvalue weighted by molar-refractivity contribution is -0.181. The quantitative estimate of drug-likeness (QED) is 0.149. The van der Waals surface area contributed by atoms with Gasteiger partial charge in [-0.05, 0) is 0 Å². The summed E-state index contributed by atoms with van der Waals surface area (Å²) in [5.74, 6) is 2.80. The summed E-state index contributed by atoms with van der Waals surface area (Å²) in [6, 6.07) is 1.97. The highest BCUT2D eigenvalue weighted by Crippen LogP contribution is 2.33. The van der Waals surface area contributed by atoms with E-state index in [0.717, 1.165) is 22.1 Å². The SMILES string of the molecule is NNC=C(N)CC(=O)N1CCN(c2c(F)cc(N3CC(CNC4(C(F)F)CO4)OC3=O)cc2F)CCO1. The van der Waals surface area contributed by atoms with Crippen molar-refractivity contribution in [2.24, 2.45) is 11.6 Å². The molecule has 2 amide bonds. The molecule has 16 heteroatoms. The monoisotopic (exact) mass is 533 g/mol. The Morgan fingerprint density at radius 2 is 1.95 bits per heavy atom. The lowest BCUT2D eigenvalue weighted by Crippen LogP contribution is -2.44. The topological polar surface area (TPSA) is 151 Å². The van der Waals surface area contributed by atoms with E-state index < -0.39 is 41.9 Å². The normalized spacial score (nSPS) is 24.4. The molecule has 3 aliphatic rings. The molecular formula is C21H27F4N7O5. The molecule has 0 bridgehead atoms. The number of ether oxygens (including phenoxy) is 2. The van der Waals surface area contributed by atoms with Crippen LogP contribution in [0.15, 0.2) is 24.0 Å². The summed E-state index contributed by atoms with van der Waals surface area (Å²) in [5.41, 5.74) is 5.87. The number of hydrogen-bond acceptors (Lipinski definition) is 10. The van der Waals surface area contributed by atoms with Gasteiger partial charge in [0.1, 0.15) is 11.8 Å². The number of amides is 2. The average Bonchev–Trinajstić information content (AvgIpc) is 3.59. The Bertz CT molecular complexity index is 1040. The van der Waals surface area contributed by atoms with Gasteiger partial charge in [0.15, 0.2) is 11.6 Å². The van der Waals surface area contributed by atoms with Crippen molar-refractivity contribution >= 4 is 23.4 Å². The number of cyclic esters (lactones) is 1. The molecule has 3 aliphatic heterocycles. The van der Waals surface area contributed by atoms with Crippen molar-refractivity contribution in [3.05, 3.63) is 35.7 Å². The van der Waals surface area contributed by atoms with Crippen LogP contribution in [0.1, 0.15) is 6.42 Å². The Kier molecular flexibility index (Phi) is 7.91. The van der Waals surface area contributed by atoms with Crippen LogP contribution < -0.4 is 32.1 Å². The molecule has 0 aliphatic carbocycles. The largest absolute Gasteiger partial charge is 0.443 e. The molecule has 3 heterocycles. The molecule has 0 spiro atoms. The summed E-state index contributed by atoms with van der Waals surface area (Å²) in [5, 5.41) is 3.59. The van der Waals surface area contributed by atoms with Gasteiger partial charge in [0.05, 0.1) is 38.4 Å². The molecular weight excluding hydrogens is 506 g/mol. The van der Waals surface area contributed by atoms with Gasteiger partial charge in [-0.3, -0.25) is 25.7 Å². The van der Waals surface area contributed by atoms with Crippen molar-refractivity contribution in [3.8, 4) is 0 Å². The summed E-state index contributed by atoms with van der Waals surface area (Å²) in [4.78, 5) is 32.5. The van der Waals surface area contributed by atoms with Crippen molar-refractivity contribution in [2.45, 2.75) is 24.7 Å². The van der Waals surface area contributed by atoms with Crippen LogP contribution >= 0.6 is 0 Å². The molecule has 6 N–H and O–H groups in total. The second kappa shape index (κ2) is 11.0. The van der Waals surface area contributed by atoms with Gasteiger partial charge in [-0.1, -0.05) is 0 Å².